The van der Waals surface area contributed by atoms with Gasteiger partial charge in [0.25, 0.3) is 5.91 Å². The third-order valence-corrected chi connectivity index (χ3v) is 4.60. The molecule has 3 aromatic rings. The number of nitrogens with one attached hydrogen (secondary N) is 2. The van der Waals surface area contributed by atoms with Crippen LogP contribution in [0.1, 0.15) is 12.5 Å². The fourth-order valence-electron chi connectivity index (χ4n) is 2.47. The molecule has 0 saturated heterocycles. The highest BCUT2D eigenvalue weighted by atomic mass is 32.2. The second kappa shape index (κ2) is 7.85. The van der Waals surface area contributed by atoms with Crippen LogP contribution in [-0.4, -0.2) is 22.9 Å². The minimum Gasteiger partial charge on any atom is -0.872 e. The smallest absolute Gasteiger partial charge is 0.317 e. The molecule has 6 nitrogen and oxygen atoms in total. The van der Waals surface area contributed by atoms with Crippen molar-refractivity contribution < 1.29 is 14.5 Å². The van der Waals surface area contributed by atoms with Crippen molar-refractivity contribution in [1.82, 2.24) is 10.4 Å². The highest BCUT2D eigenvalue weighted by Crippen LogP contribution is 2.17. The number of imidazole rings is 1. The summed E-state index contributed by atoms with van der Waals surface area (Å²) in [7, 11) is 0. The molecule has 1 heterocycles. The van der Waals surface area contributed by atoms with Crippen LogP contribution < -0.4 is 15.1 Å². The Bertz CT molecular complexity index is 920. The van der Waals surface area contributed by atoms with Gasteiger partial charge in [-0.05, 0) is 36.4 Å². The predicted molar refractivity (Wildman–Crippen MR) is 96.5 cm³/mol. The van der Waals surface area contributed by atoms with Crippen LogP contribution in [-0.2, 0) is 11.3 Å². The average Bonchev–Trinajstić information content (AvgIpc) is 2.97. The zero-order chi connectivity index (χ0) is 17.6. The van der Waals surface area contributed by atoms with Crippen LogP contribution in [0.5, 0.6) is 5.75 Å². The van der Waals surface area contributed by atoms with Gasteiger partial charge in [0.2, 0.25) is 0 Å². The van der Waals surface area contributed by atoms with Gasteiger partial charge in [0.05, 0.1) is 18.5 Å². The molecule has 0 aliphatic carbocycles. The molecule has 0 fully saturated rings. The van der Waals surface area contributed by atoms with Crippen molar-refractivity contribution in [3.63, 3.8) is 0 Å². The van der Waals surface area contributed by atoms with E-state index in [1.807, 2.05) is 24.3 Å². The summed E-state index contributed by atoms with van der Waals surface area (Å²) in [5.41, 5.74) is 5.29. The topological polar surface area (TPSA) is 84.2 Å². The molecule has 1 aromatic heterocycles. The van der Waals surface area contributed by atoms with Crippen LogP contribution in [0.3, 0.4) is 0 Å². The predicted octanol–water partition coefficient (Wildman–Crippen LogP) is 1.79. The number of amides is 1. The van der Waals surface area contributed by atoms with E-state index in [9.17, 15) is 9.90 Å². The summed E-state index contributed by atoms with van der Waals surface area (Å²) in [5.74, 6) is -0.0548. The molecule has 0 atom stereocenters. The maximum Gasteiger partial charge on any atom is 0.317 e. The molecule has 0 aliphatic heterocycles. The molecule has 0 aliphatic rings. The van der Waals surface area contributed by atoms with E-state index in [1.165, 1.54) is 30.1 Å². The highest BCUT2D eigenvalue weighted by Gasteiger charge is 2.18. The maximum absolute atomic E-state index is 12.0. The largest absolute Gasteiger partial charge is 0.872 e. The number of hydrogen-bond acceptors (Lipinski definition) is 4. The Morgan fingerprint density at radius 1 is 1.32 bits per heavy atom. The van der Waals surface area contributed by atoms with Crippen molar-refractivity contribution in [2.75, 3.05) is 5.75 Å². The Labute approximate surface area is 149 Å². The number of aromatic nitrogens is 2. The molecule has 2 N–H and O–H groups in total. The number of nitrogens with zero attached hydrogens (tertiary/aromatic N) is 2. The first-order chi connectivity index (χ1) is 12.2. The zero-order valence-electron chi connectivity index (χ0n) is 13.7. The van der Waals surface area contributed by atoms with Crippen molar-refractivity contribution in [3.05, 3.63) is 54.1 Å². The molecule has 2 aromatic carbocycles. The van der Waals surface area contributed by atoms with Crippen molar-refractivity contribution in [2.45, 2.75) is 18.6 Å². The van der Waals surface area contributed by atoms with Gasteiger partial charge >= 0.3 is 5.16 Å². The standard InChI is InChI=1S/C18H18N4O2S/c1-2-22-16-9-4-3-8-15(16)20-18(22)25-12-17(24)21-19-11-13-6-5-7-14(23)10-13/h3-11H,2,12H2,1H3,(H2,21,23,24)/b19-11+. The third-order valence-electron chi connectivity index (χ3n) is 3.60. The first kappa shape index (κ1) is 17.0. The van der Waals surface area contributed by atoms with Gasteiger partial charge in [-0.1, -0.05) is 36.4 Å². The SMILES string of the molecule is CC[n+]1c(SCC(=O)N/N=C/c2cccc([O-])c2)[nH]c2ccccc21. The monoisotopic (exact) mass is 354 g/mol. The van der Waals surface area contributed by atoms with Crippen LogP contribution in [0.4, 0.5) is 0 Å². The molecule has 0 bridgehead atoms. The number of rotatable bonds is 6. The van der Waals surface area contributed by atoms with Gasteiger partial charge in [-0.3, -0.25) is 4.79 Å². The normalized spacial score (nSPS) is 11.2. The first-order valence-corrected chi connectivity index (χ1v) is 8.88. The van der Waals surface area contributed by atoms with Crippen LogP contribution in [0, 0.1) is 0 Å². The number of carbonyl (C=O) groups excluding carboxylic acids is 1. The van der Waals surface area contributed by atoms with E-state index < -0.39 is 0 Å². The Balaban J connectivity index is 1.59. The lowest BCUT2D eigenvalue weighted by Crippen LogP contribution is -2.34. The van der Waals surface area contributed by atoms with Gasteiger partial charge in [0, 0.05) is 0 Å². The van der Waals surface area contributed by atoms with E-state index in [2.05, 4.69) is 27.0 Å². The van der Waals surface area contributed by atoms with E-state index in [4.69, 9.17) is 0 Å². The molecule has 3 rings (SSSR count). The second-order valence-corrected chi connectivity index (χ2v) is 6.31. The van der Waals surface area contributed by atoms with E-state index >= 15 is 0 Å². The summed E-state index contributed by atoms with van der Waals surface area (Å²) < 4.78 is 2.14. The highest BCUT2D eigenvalue weighted by molar-refractivity contribution is 7.99. The van der Waals surface area contributed by atoms with Gasteiger partial charge in [-0.25, -0.2) is 15.0 Å². The summed E-state index contributed by atoms with van der Waals surface area (Å²) in [5, 5.41) is 16.0. The number of hydrogen-bond donors (Lipinski definition) is 2. The number of thioether (sulfide) groups is 1. The summed E-state index contributed by atoms with van der Waals surface area (Å²) in [6.07, 6.45) is 1.46. The maximum atomic E-state index is 12.0. The minimum atomic E-state index is -0.208. The Morgan fingerprint density at radius 3 is 2.96 bits per heavy atom. The third kappa shape index (κ3) is 4.19. The van der Waals surface area contributed by atoms with E-state index in [-0.39, 0.29) is 17.4 Å². The Morgan fingerprint density at radius 2 is 2.16 bits per heavy atom. The minimum absolute atomic E-state index is 0.0891. The molecule has 0 unspecified atom stereocenters. The molecular formula is C18H18N4O2S. The quantitative estimate of drug-likeness (QED) is 0.306. The number of hydrazone groups is 1. The van der Waals surface area contributed by atoms with Gasteiger partial charge in [0.15, 0.2) is 11.0 Å². The fourth-order valence-corrected chi connectivity index (χ4v) is 3.37. The summed E-state index contributed by atoms with van der Waals surface area (Å²) >= 11 is 1.43. The average molecular weight is 354 g/mol. The summed E-state index contributed by atoms with van der Waals surface area (Å²) in [6, 6.07) is 14.4. The molecule has 128 valence electrons. The number of aromatic amines is 1. The van der Waals surface area contributed by atoms with Crippen molar-refractivity contribution >= 4 is 34.9 Å². The Kier molecular flexibility index (Phi) is 5.35. The number of carbonyl (C=O) groups is 1. The van der Waals surface area contributed by atoms with Crippen molar-refractivity contribution in [3.8, 4) is 5.75 Å². The lowest BCUT2D eigenvalue weighted by Gasteiger charge is -2.04. The van der Waals surface area contributed by atoms with E-state index in [1.54, 1.807) is 12.1 Å². The molecule has 7 heteroatoms. The summed E-state index contributed by atoms with van der Waals surface area (Å²) in [6.45, 7) is 2.89. The van der Waals surface area contributed by atoms with E-state index in [0.29, 0.717) is 5.56 Å². The summed E-state index contributed by atoms with van der Waals surface area (Å²) in [4.78, 5) is 15.3. The molecule has 25 heavy (non-hydrogen) atoms. The van der Waals surface area contributed by atoms with Crippen LogP contribution in [0.15, 0.2) is 58.8 Å². The number of H-pyrrole nitrogens is 1. The molecule has 1 amide bonds. The number of para-hydroxylation sites is 2. The van der Waals surface area contributed by atoms with Gasteiger partial charge in [0.1, 0.15) is 0 Å². The Hall–Kier alpha value is -2.80. The van der Waals surface area contributed by atoms with Gasteiger partial charge < -0.3 is 5.11 Å². The van der Waals surface area contributed by atoms with Crippen LogP contribution in [0.25, 0.3) is 11.0 Å². The van der Waals surface area contributed by atoms with E-state index in [0.717, 1.165) is 22.7 Å². The van der Waals surface area contributed by atoms with Gasteiger partial charge in [-0.2, -0.15) is 5.10 Å². The van der Waals surface area contributed by atoms with Crippen LogP contribution >= 0.6 is 11.8 Å². The number of aryl methyl sites for hydroxylation is 1. The molecule has 0 spiro atoms. The van der Waals surface area contributed by atoms with Crippen LogP contribution in [0.2, 0.25) is 0 Å². The molecular weight excluding hydrogens is 336 g/mol. The van der Waals surface area contributed by atoms with Gasteiger partial charge in [-0.15, -0.1) is 5.75 Å². The lowest BCUT2D eigenvalue weighted by atomic mass is 10.2. The first-order valence-electron chi connectivity index (χ1n) is 7.89. The molecule has 0 radical (unpaired) electrons. The fraction of sp³-hybridized carbons (Fsp3) is 0.167. The zero-order valence-corrected chi connectivity index (χ0v) is 14.5. The number of benzene rings is 2. The van der Waals surface area contributed by atoms with Crippen molar-refractivity contribution in [2.24, 2.45) is 5.10 Å². The lowest BCUT2D eigenvalue weighted by molar-refractivity contribution is -0.705. The molecule has 0 saturated carbocycles. The second-order valence-electron chi connectivity index (χ2n) is 5.35. The van der Waals surface area contributed by atoms with Crippen molar-refractivity contribution in [1.29, 1.82) is 0 Å². The number of fused-ring (bicyclic) bond motifs is 1.